The lowest BCUT2D eigenvalue weighted by molar-refractivity contribution is -0.384. The number of fused-ring (bicyclic) bond motifs is 2. The predicted octanol–water partition coefficient (Wildman–Crippen LogP) is 3.67. The molecule has 7 nitrogen and oxygen atoms in total. The zero-order valence-corrected chi connectivity index (χ0v) is 13.9. The van der Waals surface area contributed by atoms with Crippen LogP contribution in [-0.4, -0.2) is 10.0 Å². The maximum Gasteiger partial charge on any atom is 0.273 e. The molecule has 0 aromatic heterocycles. The lowest BCUT2D eigenvalue weighted by Gasteiger charge is -2.27. The van der Waals surface area contributed by atoms with Gasteiger partial charge in [-0.25, -0.2) is 0 Å². The smallest absolute Gasteiger partial charge is 0.273 e. The van der Waals surface area contributed by atoms with Crippen LogP contribution in [0.25, 0.3) is 10.8 Å². The number of non-ortho nitro benzene ring substituents is 1. The van der Waals surface area contributed by atoms with Crippen LogP contribution >= 0.6 is 0 Å². The molecule has 1 aliphatic rings. The van der Waals surface area contributed by atoms with Gasteiger partial charge >= 0.3 is 0 Å². The highest BCUT2D eigenvalue weighted by Gasteiger charge is 2.34. The first-order valence-electron chi connectivity index (χ1n) is 8.07. The van der Waals surface area contributed by atoms with Crippen molar-refractivity contribution in [3.63, 3.8) is 0 Å². The summed E-state index contributed by atoms with van der Waals surface area (Å²) in [6.45, 7) is 0. The lowest BCUT2D eigenvalue weighted by Crippen LogP contribution is -2.21. The quantitative estimate of drug-likeness (QED) is 0.531. The summed E-state index contributed by atoms with van der Waals surface area (Å²) >= 11 is 0. The molecule has 4 rings (SSSR count). The summed E-state index contributed by atoms with van der Waals surface area (Å²) < 4.78 is 5.48. The number of nitrogens with two attached hydrogens (primary N) is 1. The van der Waals surface area contributed by atoms with Gasteiger partial charge in [0, 0.05) is 17.2 Å². The topological polar surface area (TPSA) is 122 Å². The molecule has 1 aliphatic heterocycles. The highest BCUT2D eigenvalue weighted by atomic mass is 16.6. The minimum absolute atomic E-state index is 0.00505. The molecule has 27 heavy (non-hydrogen) atoms. The van der Waals surface area contributed by atoms with Crippen molar-refractivity contribution in [1.29, 1.82) is 5.26 Å². The average molecular weight is 359 g/mol. The molecule has 0 saturated heterocycles. The van der Waals surface area contributed by atoms with E-state index in [1.165, 1.54) is 18.2 Å². The van der Waals surface area contributed by atoms with Crippen molar-refractivity contribution in [2.24, 2.45) is 5.73 Å². The SMILES string of the molecule is N#CC1=C(N)Oc2cc([N+](=O)[O-])ccc2[C@H]1c1c(O)ccc2ccccc12. The van der Waals surface area contributed by atoms with E-state index in [-0.39, 0.29) is 28.6 Å². The Kier molecular flexibility index (Phi) is 3.67. The molecule has 3 aromatic carbocycles. The number of allylic oxidation sites excluding steroid dienone is 1. The van der Waals surface area contributed by atoms with E-state index < -0.39 is 10.8 Å². The predicted molar refractivity (Wildman–Crippen MR) is 98.0 cm³/mol. The van der Waals surface area contributed by atoms with Crippen LogP contribution in [0.4, 0.5) is 5.69 Å². The summed E-state index contributed by atoms with van der Waals surface area (Å²) in [5.74, 6) is -0.642. The summed E-state index contributed by atoms with van der Waals surface area (Å²) in [4.78, 5) is 10.5. The van der Waals surface area contributed by atoms with E-state index >= 15 is 0 Å². The van der Waals surface area contributed by atoms with Crippen LogP contribution in [-0.2, 0) is 0 Å². The molecule has 0 bridgehead atoms. The van der Waals surface area contributed by atoms with Crippen molar-refractivity contribution in [2.75, 3.05) is 0 Å². The third-order valence-electron chi connectivity index (χ3n) is 4.65. The Balaban J connectivity index is 2.05. The molecule has 7 heteroatoms. The van der Waals surface area contributed by atoms with Gasteiger partial charge in [0.1, 0.15) is 23.1 Å². The number of hydrogen-bond acceptors (Lipinski definition) is 6. The summed E-state index contributed by atoms with van der Waals surface area (Å²) in [5.41, 5.74) is 6.96. The second kappa shape index (κ2) is 6.04. The van der Waals surface area contributed by atoms with E-state index in [0.29, 0.717) is 11.1 Å². The second-order valence-electron chi connectivity index (χ2n) is 6.12. The fourth-order valence-electron chi connectivity index (χ4n) is 3.44. The highest BCUT2D eigenvalue weighted by Crippen LogP contribution is 2.47. The zero-order valence-electron chi connectivity index (χ0n) is 13.9. The van der Waals surface area contributed by atoms with E-state index in [4.69, 9.17) is 10.5 Å². The Hall–Kier alpha value is -4.05. The Morgan fingerprint density at radius 3 is 2.70 bits per heavy atom. The molecule has 0 fully saturated rings. The minimum Gasteiger partial charge on any atom is -0.508 e. The summed E-state index contributed by atoms with van der Waals surface area (Å²) in [7, 11) is 0. The first-order valence-corrected chi connectivity index (χ1v) is 8.07. The number of ether oxygens (including phenoxy) is 1. The van der Waals surface area contributed by atoms with Crippen LogP contribution in [0.2, 0.25) is 0 Å². The number of nitrogens with zero attached hydrogens (tertiary/aromatic N) is 2. The van der Waals surface area contributed by atoms with Crippen LogP contribution in [0, 0.1) is 21.4 Å². The summed E-state index contributed by atoms with van der Waals surface area (Å²) in [5, 5.41) is 33.0. The van der Waals surface area contributed by atoms with E-state index in [1.54, 1.807) is 12.1 Å². The summed E-state index contributed by atoms with van der Waals surface area (Å²) in [6, 6.07) is 17.0. The Labute approximate surface area is 153 Å². The molecule has 0 radical (unpaired) electrons. The molecule has 0 amide bonds. The third-order valence-corrected chi connectivity index (χ3v) is 4.65. The van der Waals surface area contributed by atoms with Crippen LogP contribution in [0.3, 0.4) is 0 Å². The Morgan fingerprint density at radius 1 is 1.19 bits per heavy atom. The largest absolute Gasteiger partial charge is 0.508 e. The van der Waals surface area contributed by atoms with Crippen LogP contribution < -0.4 is 10.5 Å². The molecular formula is C20H13N3O4. The van der Waals surface area contributed by atoms with Gasteiger partial charge in [-0.05, 0) is 22.9 Å². The zero-order chi connectivity index (χ0) is 19.1. The number of benzene rings is 3. The number of nitriles is 1. The van der Waals surface area contributed by atoms with Crippen LogP contribution in [0.5, 0.6) is 11.5 Å². The molecule has 132 valence electrons. The maximum absolute atomic E-state index is 11.1. The number of rotatable bonds is 2. The lowest BCUT2D eigenvalue weighted by atomic mass is 9.81. The second-order valence-corrected chi connectivity index (χ2v) is 6.12. The molecule has 3 aromatic rings. The number of phenolic OH excluding ortho intramolecular Hbond substituents is 1. The van der Waals surface area contributed by atoms with Gasteiger partial charge in [-0.15, -0.1) is 0 Å². The van der Waals surface area contributed by atoms with Gasteiger partial charge in [-0.2, -0.15) is 5.26 Å². The van der Waals surface area contributed by atoms with Crippen molar-refractivity contribution in [2.45, 2.75) is 5.92 Å². The summed E-state index contributed by atoms with van der Waals surface area (Å²) in [6.07, 6.45) is 0. The number of aromatic hydroxyl groups is 1. The average Bonchev–Trinajstić information content (AvgIpc) is 2.66. The molecule has 0 spiro atoms. The molecule has 0 unspecified atom stereocenters. The minimum atomic E-state index is -0.703. The fourth-order valence-corrected chi connectivity index (χ4v) is 3.44. The third kappa shape index (κ3) is 2.51. The number of phenols is 1. The van der Waals surface area contributed by atoms with Crippen molar-refractivity contribution in [1.82, 2.24) is 0 Å². The molecule has 1 atom stereocenters. The van der Waals surface area contributed by atoms with Crippen molar-refractivity contribution < 1.29 is 14.8 Å². The van der Waals surface area contributed by atoms with Crippen LogP contribution in [0.15, 0.2) is 66.1 Å². The van der Waals surface area contributed by atoms with Gasteiger partial charge in [-0.1, -0.05) is 30.3 Å². The number of nitro groups is 1. The van der Waals surface area contributed by atoms with Crippen LogP contribution in [0.1, 0.15) is 17.0 Å². The van der Waals surface area contributed by atoms with E-state index in [0.717, 1.165) is 10.8 Å². The standard InChI is InChI=1S/C20H13N3O4/c21-10-15-18(19-13-4-2-1-3-11(13)5-8-16(19)24)14-7-6-12(23(25)26)9-17(14)27-20(15)22/h1-9,18,24H,22H2/t18-/m1/s1. The normalized spacial score (nSPS) is 15.7. The first-order chi connectivity index (χ1) is 13.0. The van der Waals surface area contributed by atoms with E-state index in [9.17, 15) is 20.5 Å². The number of hydrogen-bond donors (Lipinski definition) is 2. The van der Waals surface area contributed by atoms with E-state index in [1.807, 2.05) is 24.3 Å². The Bertz CT molecular complexity index is 1180. The van der Waals surface area contributed by atoms with Crippen molar-refractivity contribution >= 4 is 16.5 Å². The molecule has 0 saturated carbocycles. The molecule has 3 N–H and O–H groups in total. The Morgan fingerprint density at radius 2 is 1.96 bits per heavy atom. The van der Waals surface area contributed by atoms with Crippen molar-refractivity contribution in [3.05, 3.63) is 87.3 Å². The maximum atomic E-state index is 11.1. The van der Waals surface area contributed by atoms with Crippen molar-refractivity contribution in [3.8, 4) is 17.6 Å². The molecule has 0 aliphatic carbocycles. The van der Waals surface area contributed by atoms with Gasteiger partial charge in [0.05, 0.1) is 16.9 Å². The highest BCUT2D eigenvalue weighted by molar-refractivity contribution is 5.89. The van der Waals surface area contributed by atoms with Gasteiger partial charge in [0.25, 0.3) is 5.69 Å². The van der Waals surface area contributed by atoms with Gasteiger partial charge < -0.3 is 15.6 Å². The fraction of sp³-hybridized carbons (Fsp3) is 0.0500. The first kappa shape index (κ1) is 16.4. The monoisotopic (exact) mass is 359 g/mol. The van der Waals surface area contributed by atoms with Gasteiger partial charge in [-0.3, -0.25) is 10.1 Å². The molecule has 1 heterocycles. The number of nitro benzene ring substituents is 1. The van der Waals surface area contributed by atoms with Gasteiger partial charge in [0.2, 0.25) is 5.88 Å². The van der Waals surface area contributed by atoms with E-state index in [2.05, 4.69) is 6.07 Å². The van der Waals surface area contributed by atoms with Gasteiger partial charge in [0.15, 0.2) is 0 Å². The molecular weight excluding hydrogens is 346 g/mol.